The molecule has 2 saturated heterocycles. The second-order valence-corrected chi connectivity index (χ2v) is 10.9. The number of allylic oxidation sites excluding steroid dienone is 1. The third-order valence-corrected chi connectivity index (χ3v) is 8.27. The minimum absolute atomic E-state index is 0.101. The monoisotopic (exact) mass is 564 g/mol. The van der Waals surface area contributed by atoms with Crippen LogP contribution in [0.3, 0.4) is 0 Å². The highest BCUT2D eigenvalue weighted by atomic mass is 16.6. The molecule has 3 aromatic rings. The van der Waals surface area contributed by atoms with E-state index in [2.05, 4.69) is 0 Å². The molecule has 0 bridgehead atoms. The molecule has 1 aliphatic carbocycles. The van der Waals surface area contributed by atoms with Crippen LogP contribution < -0.4 is 9.64 Å². The van der Waals surface area contributed by atoms with Crippen molar-refractivity contribution < 1.29 is 28.7 Å². The fourth-order valence-corrected chi connectivity index (χ4v) is 6.34. The number of imide groups is 1. The minimum atomic E-state index is -0.887. The summed E-state index contributed by atoms with van der Waals surface area (Å²) in [5.74, 6) is -1.99. The Kier molecular flexibility index (Phi) is 7.97. The molecule has 0 spiro atoms. The highest BCUT2D eigenvalue weighted by molar-refractivity contribution is 6.23. The normalized spacial score (nSPS) is 23.3. The average molecular weight is 565 g/mol. The van der Waals surface area contributed by atoms with Gasteiger partial charge in [-0.2, -0.15) is 0 Å². The van der Waals surface area contributed by atoms with Gasteiger partial charge in [-0.3, -0.25) is 19.3 Å². The topological polar surface area (TPSA) is 93.2 Å². The van der Waals surface area contributed by atoms with Gasteiger partial charge in [-0.1, -0.05) is 72.8 Å². The number of ketones is 1. The molecule has 8 nitrogen and oxygen atoms in total. The van der Waals surface area contributed by atoms with Crippen LogP contribution in [-0.2, 0) is 25.7 Å². The molecule has 214 valence electrons. The number of nitrogens with zero attached hydrogens (tertiary/aromatic N) is 2. The Balaban J connectivity index is 1.27. The fourth-order valence-electron chi connectivity index (χ4n) is 6.34. The van der Waals surface area contributed by atoms with E-state index in [-0.39, 0.29) is 24.5 Å². The Labute approximate surface area is 244 Å². The first-order chi connectivity index (χ1) is 20.5. The third-order valence-electron chi connectivity index (χ3n) is 8.27. The molecule has 2 fully saturated rings. The Bertz CT molecular complexity index is 1490. The minimum Gasteiger partial charge on any atom is -0.410 e. The van der Waals surface area contributed by atoms with Crippen LogP contribution in [0.5, 0.6) is 5.75 Å². The molecule has 0 radical (unpaired) electrons. The van der Waals surface area contributed by atoms with Gasteiger partial charge in [0.2, 0.25) is 11.8 Å². The van der Waals surface area contributed by atoms with Gasteiger partial charge in [-0.25, -0.2) is 9.69 Å². The van der Waals surface area contributed by atoms with Crippen LogP contribution in [0.15, 0.2) is 103 Å². The number of Topliss-reactive ketones (excluding diaryl/α,β-unsaturated/α-hetero) is 1. The maximum atomic E-state index is 13.9. The Morgan fingerprint density at radius 1 is 0.833 bits per heavy atom. The Morgan fingerprint density at radius 3 is 2.21 bits per heavy atom. The number of anilines is 1. The Morgan fingerprint density at radius 2 is 1.50 bits per heavy atom. The van der Waals surface area contributed by atoms with Crippen LogP contribution in [0.25, 0.3) is 0 Å². The lowest BCUT2D eigenvalue weighted by Gasteiger charge is -2.46. The van der Waals surface area contributed by atoms with Crippen LogP contribution in [-0.4, -0.2) is 47.3 Å². The van der Waals surface area contributed by atoms with Crippen molar-refractivity contribution in [2.45, 2.75) is 44.4 Å². The highest BCUT2D eigenvalue weighted by Crippen LogP contribution is 2.45. The van der Waals surface area contributed by atoms with E-state index in [0.29, 0.717) is 43.1 Å². The summed E-state index contributed by atoms with van der Waals surface area (Å²) in [6, 6.07) is 26.0. The lowest BCUT2D eigenvalue weighted by molar-refractivity contribution is -0.126. The first-order valence-corrected chi connectivity index (χ1v) is 14.4. The van der Waals surface area contributed by atoms with Crippen molar-refractivity contribution in [3.05, 3.63) is 108 Å². The predicted octanol–water partition coefficient (Wildman–Crippen LogP) is 5.33. The first-order valence-electron chi connectivity index (χ1n) is 14.4. The molecular weight excluding hydrogens is 532 g/mol. The SMILES string of the molecule is O=C1C[C@H](CCCOCc2ccccc2)N(C(=O)Oc2ccccc2)[C@@H]2C1=CC[C@@H]1C(=O)N(c3ccccc3)C(=O)[C@@H]12. The molecule has 42 heavy (non-hydrogen) atoms. The zero-order valence-electron chi connectivity index (χ0n) is 23.1. The summed E-state index contributed by atoms with van der Waals surface area (Å²) in [5.41, 5.74) is 1.96. The van der Waals surface area contributed by atoms with Crippen molar-refractivity contribution in [2.24, 2.45) is 11.8 Å². The number of fused-ring (bicyclic) bond motifs is 3. The molecule has 2 aliphatic heterocycles. The summed E-state index contributed by atoms with van der Waals surface area (Å²) < 4.78 is 11.6. The smallest absolute Gasteiger partial charge is 0.410 e. The number of hydrogen-bond donors (Lipinski definition) is 0. The third kappa shape index (κ3) is 5.37. The largest absolute Gasteiger partial charge is 0.416 e. The van der Waals surface area contributed by atoms with Crippen molar-refractivity contribution in [1.82, 2.24) is 4.90 Å². The van der Waals surface area contributed by atoms with Crippen molar-refractivity contribution >= 4 is 29.4 Å². The molecule has 2 heterocycles. The second-order valence-electron chi connectivity index (χ2n) is 10.9. The van der Waals surface area contributed by atoms with E-state index in [0.717, 1.165) is 5.56 Å². The van der Waals surface area contributed by atoms with Gasteiger partial charge in [-0.05, 0) is 49.1 Å². The van der Waals surface area contributed by atoms with Crippen LogP contribution in [0.1, 0.15) is 31.2 Å². The number of carbonyl (C=O) groups is 4. The number of hydrogen-bond acceptors (Lipinski definition) is 6. The molecular formula is C34H32N2O6. The van der Waals surface area contributed by atoms with E-state index in [1.54, 1.807) is 59.5 Å². The summed E-state index contributed by atoms with van der Waals surface area (Å²) >= 11 is 0. The summed E-state index contributed by atoms with van der Waals surface area (Å²) in [6.45, 7) is 0.912. The summed E-state index contributed by atoms with van der Waals surface area (Å²) in [7, 11) is 0. The average Bonchev–Trinajstić information content (AvgIpc) is 3.27. The number of piperidine rings is 1. The Hall–Kier alpha value is -4.56. The van der Waals surface area contributed by atoms with Gasteiger partial charge in [0.25, 0.3) is 0 Å². The van der Waals surface area contributed by atoms with Crippen molar-refractivity contribution in [3.63, 3.8) is 0 Å². The fraction of sp³-hybridized carbons (Fsp3) is 0.294. The molecule has 0 N–H and O–H groups in total. The lowest BCUT2D eigenvalue weighted by atomic mass is 9.72. The molecule has 0 saturated carbocycles. The van der Waals surface area contributed by atoms with Gasteiger partial charge in [0, 0.05) is 24.6 Å². The van der Waals surface area contributed by atoms with Gasteiger partial charge in [0.15, 0.2) is 5.78 Å². The van der Waals surface area contributed by atoms with E-state index in [1.807, 2.05) is 42.5 Å². The number of benzene rings is 3. The zero-order valence-corrected chi connectivity index (χ0v) is 23.1. The number of ether oxygens (including phenoxy) is 2. The van der Waals surface area contributed by atoms with E-state index in [1.165, 1.54) is 4.90 Å². The quantitative estimate of drug-likeness (QED) is 0.271. The molecule has 4 atom stereocenters. The summed E-state index contributed by atoms with van der Waals surface area (Å²) in [5, 5.41) is 0. The van der Waals surface area contributed by atoms with E-state index in [4.69, 9.17) is 9.47 Å². The standard InChI is InChI=1S/C34H32N2O6/c37-29-21-25(15-10-20-41-22-23-11-4-1-5-12-23)35(34(40)42-26-16-8-3-9-17-26)31-27(29)18-19-28-30(31)33(39)36(32(28)38)24-13-6-2-7-14-24/h1-9,11-14,16-18,25,28,30-31H,10,15,19-22H2/t25-,28-,30-,31+/m0/s1. The predicted molar refractivity (Wildman–Crippen MR) is 155 cm³/mol. The molecule has 0 unspecified atom stereocenters. The lowest BCUT2D eigenvalue weighted by Crippen LogP contribution is -2.60. The van der Waals surface area contributed by atoms with Crippen molar-refractivity contribution in [1.29, 1.82) is 0 Å². The summed E-state index contributed by atoms with van der Waals surface area (Å²) in [6.07, 6.45) is 2.58. The highest BCUT2D eigenvalue weighted by Gasteiger charge is 2.59. The molecule has 3 aliphatic rings. The number of rotatable bonds is 8. The number of carbonyl (C=O) groups excluding carboxylic acids is 4. The first kappa shape index (κ1) is 27.6. The number of likely N-dealkylation sites (tertiary alicyclic amines) is 1. The second kappa shape index (κ2) is 12.1. The zero-order chi connectivity index (χ0) is 29.1. The summed E-state index contributed by atoms with van der Waals surface area (Å²) in [4.78, 5) is 57.6. The van der Waals surface area contributed by atoms with Crippen LogP contribution in [0.2, 0.25) is 0 Å². The van der Waals surface area contributed by atoms with E-state index >= 15 is 0 Å². The van der Waals surface area contributed by atoms with Gasteiger partial charge in [0.05, 0.1) is 30.2 Å². The maximum Gasteiger partial charge on any atom is 0.416 e. The van der Waals surface area contributed by atoms with Gasteiger partial charge < -0.3 is 9.47 Å². The molecule has 6 rings (SSSR count). The van der Waals surface area contributed by atoms with E-state index in [9.17, 15) is 19.2 Å². The molecule has 0 aromatic heterocycles. The van der Waals surface area contributed by atoms with Gasteiger partial charge >= 0.3 is 6.09 Å². The van der Waals surface area contributed by atoms with Crippen LogP contribution in [0.4, 0.5) is 10.5 Å². The van der Waals surface area contributed by atoms with E-state index < -0.39 is 35.9 Å². The van der Waals surface area contributed by atoms with Gasteiger partial charge in [0.1, 0.15) is 5.75 Å². The molecule has 8 heteroatoms. The van der Waals surface area contributed by atoms with Crippen molar-refractivity contribution in [2.75, 3.05) is 11.5 Å². The maximum absolute atomic E-state index is 13.9. The number of amides is 3. The molecule has 3 amide bonds. The van der Waals surface area contributed by atoms with Crippen molar-refractivity contribution in [3.8, 4) is 5.75 Å². The number of para-hydroxylation sites is 2. The van der Waals surface area contributed by atoms with Gasteiger partial charge in [-0.15, -0.1) is 0 Å². The van der Waals surface area contributed by atoms with Crippen LogP contribution in [0, 0.1) is 11.8 Å². The molecule has 3 aromatic carbocycles. The van der Waals surface area contributed by atoms with Crippen LogP contribution >= 0.6 is 0 Å².